The molecule has 4 rings (SSSR count). The SMILES string of the molecule is O=C1OC(CC2CCCC2)(c2ccccc2)c2ccccc21. The van der Waals surface area contributed by atoms with Crippen LogP contribution in [0, 0.1) is 5.92 Å². The van der Waals surface area contributed by atoms with Crippen molar-refractivity contribution in [3.63, 3.8) is 0 Å². The lowest BCUT2D eigenvalue weighted by molar-refractivity contribution is 0.000632. The number of carbonyl (C=O) groups is 1. The first-order valence-corrected chi connectivity index (χ1v) is 8.18. The summed E-state index contributed by atoms with van der Waals surface area (Å²) in [6.45, 7) is 0. The van der Waals surface area contributed by atoms with Crippen LogP contribution in [0.5, 0.6) is 0 Å². The van der Waals surface area contributed by atoms with Gasteiger partial charge in [0.25, 0.3) is 0 Å². The smallest absolute Gasteiger partial charge is 0.339 e. The topological polar surface area (TPSA) is 26.3 Å². The van der Waals surface area contributed by atoms with E-state index in [2.05, 4.69) is 18.2 Å². The molecule has 0 radical (unpaired) electrons. The number of fused-ring (bicyclic) bond motifs is 1. The molecule has 112 valence electrons. The minimum atomic E-state index is -0.593. The predicted molar refractivity (Wildman–Crippen MR) is 85.7 cm³/mol. The lowest BCUT2D eigenvalue weighted by atomic mass is 9.78. The largest absolute Gasteiger partial charge is 0.446 e. The zero-order valence-electron chi connectivity index (χ0n) is 12.6. The van der Waals surface area contributed by atoms with Gasteiger partial charge in [-0.15, -0.1) is 0 Å². The highest BCUT2D eigenvalue weighted by molar-refractivity contribution is 5.95. The van der Waals surface area contributed by atoms with Gasteiger partial charge in [-0.05, 0) is 18.4 Å². The van der Waals surface area contributed by atoms with E-state index in [9.17, 15) is 4.79 Å². The number of ether oxygens (including phenoxy) is 1. The second-order valence-corrected chi connectivity index (χ2v) is 6.48. The van der Waals surface area contributed by atoms with Gasteiger partial charge in [0.05, 0.1) is 5.56 Å². The summed E-state index contributed by atoms with van der Waals surface area (Å²) in [6.07, 6.45) is 5.98. The van der Waals surface area contributed by atoms with Crippen molar-refractivity contribution in [2.45, 2.75) is 37.7 Å². The van der Waals surface area contributed by atoms with Crippen molar-refractivity contribution < 1.29 is 9.53 Å². The first-order chi connectivity index (χ1) is 10.8. The molecule has 0 amide bonds. The average molecular weight is 292 g/mol. The van der Waals surface area contributed by atoms with Gasteiger partial charge in [0, 0.05) is 11.1 Å². The lowest BCUT2D eigenvalue weighted by Crippen LogP contribution is -2.30. The molecule has 2 aromatic rings. The van der Waals surface area contributed by atoms with Crippen molar-refractivity contribution in [3.8, 4) is 0 Å². The molecule has 1 unspecified atom stereocenters. The Bertz CT molecular complexity index is 686. The number of rotatable bonds is 3. The minimum absolute atomic E-state index is 0.183. The summed E-state index contributed by atoms with van der Waals surface area (Å²) in [4.78, 5) is 12.4. The molecule has 0 N–H and O–H groups in total. The molecule has 0 aromatic heterocycles. The normalized spacial score (nSPS) is 24.3. The quantitative estimate of drug-likeness (QED) is 0.768. The molecule has 0 bridgehead atoms. The number of esters is 1. The predicted octanol–water partition coefficient (Wildman–Crippen LogP) is 4.68. The van der Waals surface area contributed by atoms with E-state index in [4.69, 9.17) is 4.74 Å². The van der Waals surface area contributed by atoms with Gasteiger partial charge in [0.2, 0.25) is 0 Å². The molecule has 1 aliphatic carbocycles. The lowest BCUT2D eigenvalue weighted by Gasteiger charge is -2.32. The summed E-state index contributed by atoms with van der Waals surface area (Å²) in [5.74, 6) is 0.455. The van der Waals surface area contributed by atoms with Gasteiger partial charge < -0.3 is 4.74 Å². The Balaban J connectivity index is 1.85. The standard InChI is InChI=1S/C20H20O2/c21-19-17-12-6-7-13-18(17)20(22-19,14-15-8-4-5-9-15)16-10-2-1-3-11-16/h1-3,6-7,10-13,15H,4-5,8-9,14H2. The molecule has 0 saturated heterocycles. The molecule has 2 aliphatic rings. The molecule has 2 heteroatoms. The van der Waals surface area contributed by atoms with Gasteiger partial charge in [0.15, 0.2) is 5.60 Å². The molecule has 1 heterocycles. The van der Waals surface area contributed by atoms with Gasteiger partial charge in [-0.25, -0.2) is 4.79 Å². The minimum Gasteiger partial charge on any atom is -0.446 e. The Kier molecular flexibility index (Phi) is 3.25. The molecule has 1 aliphatic heterocycles. The van der Waals surface area contributed by atoms with Crippen molar-refractivity contribution in [1.29, 1.82) is 0 Å². The summed E-state index contributed by atoms with van der Waals surface area (Å²) in [5.41, 5.74) is 2.27. The monoisotopic (exact) mass is 292 g/mol. The fraction of sp³-hybridized carbons (Fsp3) is 0.350. The summed E-state index contributed by atoms with van der Waals surface area (Å²) >= 11 is 0. The Morgan fingerprint density at radius 3 is 2.41 bits per heavy atom. The first kappa shape index (κ1) is 13.6. The van der Waals surface area contributed by atoms with Gasteiger partial charge in [-0.2, -0.15) is 0 Å². The molecular formula is C20H20O2. The second kappa shape index (κ2) is 5.28. The van der Waals surface area contributed by atoms with Crippen LogP contribution in [0.3, 0.4) is 0 Å². The van der Waals surface area contributed by atoms with E-state index in [1.54, 1.807) is 0 Å². The van der Waals surface area contributed by atoms with Crippen LogP contribution in [0.2, 0.25) is 0 Å². The number of hydrogen-bond donors (Lipinski definition) is 0. The van der Waals surface area contributed by atoms with Crippen LogP contribution in [0.1, 0.15) is 53.6 Å². The van der Waals surface area contributed by atoms with Crippen molar-refractivity contribution in [3.05, 3.63) is 71.3 Å². The van der Waals surface area contributed by atoms with Crippen LogP contribution in [0.15, 0.2) is 54.6 Å². The van der Waals surface area contributed by atoms with Crippen LogP contribution in [-0.4, -0.2) is 5.97 Å². The van der Waals surface area contributed by atoms with Gasteiger partial charge in [-0.3, -0.25) is 0 Å². The van der Waals surface area contributed by atoms with Crippen molar-refractivity contribution in [2.24, 2.45) is 5.92 Å². The van der Waals surface area contributed by atoms with Crippen LogP contribution in [0.4, 0.5) is 0 Å². The van der Waals surface area contributed by atoms with E-state index in [1.165, 1.54) is 25.7 Å². The van der Waals surface area contributed by atoms with Crippen molar-refractivity contribution in [1.82, 2.24) is 0 Å². The zero-order valence-corrected chi connectivity index (χ0v) is 12.6. The molecule has 2 aromatic carbocycles. The Labute approximate surface area is 131 Å². The van der Waals surface area contributed by atoms with E-state index in [0.29, 0.717) is 5.92 Å². The highest BCUT2D eigenvalue weighted by Gasteiger charge is 2.48. The Morgan fingerprint density at radius 2 is 1.64 bits per heavy atom. The summed E-state index contributed by atoms with van der Waals surface area (Å²) in [5, 5.41) is 0. The third-order valence-electron chi connectivity index (χ3n) is 5.14. The molecule has 1 saturated carbocycles. The number of carbonyl (C=O) groups excluding carboxylic acids is 1. The Hall–Kier alpha value is -2.09. The fourth-order valence-corrected chi connectivity index (χ4v) is 4.09. The zero-order chi connectivity index (χ0) is 15.0. The highest BCUT2D eigenvalue weighted by atomic mass is 16.6. The van der Waals surface area contributed by atoms with E-state index >= 15 is 0 Å². The number of benzene rings is 2. The van der Waals surface area contributed by atoms with Crippen LogP contribution in [0.25, 0.3) is 0 Å². The van der Waals surface area contributed by atoms with Gasteiger partial charge in [-0.1, -0.05) is 74.2 Å². The van der Waals surface area contributed by atoms with Crippen molar-refractivity contribution >= 4 is 5.97 Å². The number of cyclic esters (lactones) is 1. The molecular weight excluding hydrogens is 272 g/mol. The van der Waals surface area contributed by atoms with Crippen LogP contribution in [-0.2, 0) is 10.3 Å². The molecule has 1 atom stereocenters. The summed E-state index contributed by atoms with van der Waals surface area (Å²) in [7, 11) is 0. The maximum absolute atomic E-state index is 12.4. The van der Waals surface area contributed by atoms with E-state index in [1.807, 2.05) is 36.4 Å². The Morgan fingerprint density at radius 1 is 0.955 bits per heavy atom. The molecule has 22 heavy (non-hydrogen) atoms. The third-order valence-corrected chi connectivity index (χ3v) is 5.14. The molecule has 1 fully saturated rings. The fourth-order valence-electron chi connectivity index (χ4n) is 4.09. The third kappa shape index (κ3) is 2.06. The van der Waals surface area contributed by atoms with E-state index < -0.39 is 5.60 Å². The van der Waals surface area contributed by atoms with Gasteiger partial charge >= 0.3 is 5.97 Å². The van der Waals surface area contributed by atoms with Crippen molar-refractivity contribution in [2.75, 3.05) is 0 Å². The van der Waals surface area contributed by atoms with Crippen LogP contribution >= 0.6 is 0 Å². The maximum atomic E-state index is 12.4. The van der Waals surface area contributed by atoms with Crippen LogP contribution < -0.4 is 0 Å². The molecule has 2 nitrogen and oxygen atoms in total. The second-order valence-electron chi connectivity index (χ2n) is 6.48. The number of hydrogen-bond acceptors (Lipinski definition) is 2. The summed E-state index contributed by atoms with van der Waals surface area (Å²) < 4.78 is 6.03. The molecule has 0 spiro atoms. The summed E-state index contributed by atoms with van der Waals surface area (Å²) in [6, 6.07) is 18.1. The van der Waals surface area contributed by atoms with E-state index in [-0.39, 0.29) is 5.97 Å². The van der Waals surface area contributed by atoms with Gasteiger partial charge in [0.1, 0.15) is 0 Å². The first-order valence-electron chi connectivity index (χ1n) is 8.18. The maximum Gasteiger partial charge on any atom is 0.339 e. The van der Waals surface area contributed by atoms with E-state index in [0.717, 1.165) is 23.1 Å². The highest BCUT2D eigenvalue weighted by Crippen LogP contribution is 2.48. The average Bonchev–Trinajstić information content (AvgIpc) is 3.17.